The Balaban J connectivity index is 2.27. The van der Waals surface area contributed by atoms with Crippen LogP contribution in [0, 0.1) is 0 Å². The predicted octanol–water partition coefficient (Wildman–Crippen LogP) is 3.78. The summed E-state index contributed by atoms with van der Waals surface area (Å²) >= 11 is 3.41. The van der Waals surface area contributed by atoms with Crippen molar-refractivity contribution in [1.29, 1.82) is 0 Å². The van der Waals surface area contributed by atoms with Crippen LogP contribution >= 0.6 is 15.9 Å². The summed E-state index contributed by atoms with van der Waals surface area (Å²) in [5, 5.41) is 3.18. The Morgan fingerprint density at radius 3 is 2.43 bits per heavy atom. The molecule has 0 bridgehead atoms. The molecule has 110 valence electrons. The highest BCUT2D eigenvalue weighted by molar-refractivity contribution is 9.10. The van der Waals surface area contributed by atoms with Crippen molar-refractivity contribution in [2.75, 3.05) is 19.5 Å². The van der Waals surface area contributed by atoms with Crippen LogP contribution < -0.4 is 10.1 Å². The van der Waals surface area contributed by atoms with Gasteiger partial charge in [-0.25, -0.2) is 4.79 Å². The van der Waals surface area contributed by atoms with Crippen molar-refractivity contribution in [2.24, 2.45) is 0 Å². The van der Waals surface area contributed by atoms with Gasteiger partial charge in [0.25, 0.3) is 0 Å². The van der Waals surface area contributed by atoms with Crippen LogP contribution in [0.15, 0.2) is 53.0 Å². The van der Waals surface area contributed by atoms with Gasteiger partial charge in [0.2, 0.25) is 0 Å². The predicted molar refractivity (Wildman–Crippen MR) is 85.5 cm³/mol. The van der Waals surface area contributed by atoms with E-state index < -0.39 is 6.04 Å². The number of benzene rings is 2. The van der Waals surface area contributed by atoms with E-state index in [9.17, 15) is 4.79 Å². The molecule has 0 aromatic heterocycles. The van der Waals surface area contributed by atoms with Gasteiger partial charge in [-0.3, -0.25) is 0 Å². The third-order valence-corrected chi connectivity index (χ3v) is 3.51. The highest BCUT2D eigenvalue weighted by Gasteiger charge is 2.21. The van der Waals surface area contributed by atoms with E-state index in [1.807, 2.05) is 48.5 Å². The summed E-state index contributed by atoms with van der Waals surface area (Å²) in [6.07, 6.45) is 0. The monoisotopic (exact) mass is 349 g/mol. The number of nitrogens with one attached hydrogen (secondary N) is 1. The quantitative estimate of drug-likeness (QED) is 0.834. The number of methoxy groups -OCH3 is 2. The topological polar surface area (TPSA) is 47.6 Å². The van der Waals surface area contributed by atoms with Crippen LogP contribution in [0.3, 0.4) is 0 Å². The fourth-order valence-corrected chi connectivity index (χ4v) is 2.34. The van der Waals surface area contributed by atoms with Gasteiger partial charge in [-0.15, -0.1) is 0 Å². The Morgan fingerprint density at radius 2 is 1.86 bits per heavy atom. The van der Waals surface area contributed by atoms with E-state index in [4.69, 9.17) is 9.47 Å². The molecule has 1 unspecified atom stereocenters. The molecule has 21 heavy (non-hydrogen) atoms. The molecule has 0 aliphatic rings. The van der Waals surface area contributed by atoms with Gasteiger partial charge >= 0.3 is 5.97 Å². The van der Waals surface area contributed by atoms with Crippen molar-refractivity contribution >= 4 is 27.6 Å². The smallest absolute Gasteiger partial charge is 0.332 e. The van der Waals surface area contributed by atoms with E-state index >= 15 is 0 Å². The number of anilines is 1. The van der Waals surface area contributed by atoms with Crippen LogP contribution in [0.4, 0.5) is 5.69 Å². The molecule has 1 atom stereocenters. The van der Waals surface area contributed by atoms with Crippen LogP contribution in [-0.4, -0.2) is 20.2 Å². The molecular weight excluding hydrogens is 334 g/mol. The van der Waals surface area contributed by atoms with E-state index in [0.29, 0.717) is 0 Å². The lowest BCUT2D eigenvalue weighted by Gasteiger charge is -2.18. The maximum Gasteiger partial charge on any atom is 0.332 e. The van der Waals surface area contributed by atoms with Crippen LogP contribution in [0.1, 0.15) is 11.6 Å². The molecular formula is C16H16BrNO3. The summed E-state index contributed by atoms with van der Waals surface area (Å²) in [6, 6.07) is 14.3. The number of halogens is 1. The number of hydrogen-bond acceptors (Lipinski definition) is 4. The highest BCUT2D eigenvalue weighted by Crippen LogP contribution is 2.24. The zero-order valence-corrected chi connectivity index (χ0v) is 13.4. The zero-order chi connectivity index (χ0) is 15.2. The summed E-state index contributed by atoms with van der Waals surface area (Å²) in [4.78, 5) is 12.0. The highest BCUT2D eigenvalue weighted by atomic mass is 79.9. The van der Waals surface area contributed by atoms with E-state index in [1.165, 1.54) is 7.11 Å². The minimum Gasteiger partial charge on any atom is -0.497 e. The zero-order valence-electron chi connectivity index (χ0n) is 11.8. The lowest BCUT2D eigenvalue weighted by Crippen LogP contribution is -2.22. The average Bonchev–Trinajstić information content (AvgIpc) is 2.52. The molecule has 0 aliphatic heterocycles. The molecule has 0 spiro atoms. The molecule has 0 radical (unpaired) electrons. The molecule has 5 heteroatoms. The number of rotatable bonds is 5. The first kappa shape index (κ1) is 15.4. The summed E-state index contributed by atoms with van der Waals surface area (Å²) < 4.78 is 10.9. The second kappa shape index (κ2) is 7.13. The largest absolute Gasteiger partial charge is 0.497 e. The normalized spacial score (nSPS) is 11.6. The van der Waals surface area contributed by atoms with Gasteiger partial charge in [-0.2, -0.15) is 0 Å². The molecule has 0 saturated heterocycles. The van der Waals surface area contributed by atoms with Gasteiger partial charge in [0.1, 0.15) is 5.75 Å². The van der Waals surface area contributed by atoms with Crippen molar-refractivity contribution < 1.29 is 14.3 Å². The molecule has 0 amide bonds. The molecule has 2 aromatic rings. The standard InChI is InChI=1S/C16H16BrNO3/c1-20-14-8-6-11(7-9-14)15(16(19)21-2)18-13-5-3-4-12(17)10-13/h3-10,15,18H,1-2H3. The van der Waals surface area contributed by atoms with Crippen molar-refractivity contribution in [3.8, 4) is 5.75 Å². The third-order valence-electron chi connectivity index (χ3n) is 3.02. The van der Waals surface area contributed by atoms with Crippen molar-refractivity contribution in [3.05, 3.63) is 58.6 Å². The van der Waals surface area contributed by atoms with Crippen molar-refractivity contribution in [1.82, 2.24) is 0 Å². The molecule has 0 heterocycles. The SMILES string of the molecule is COC(=O)C(Nc1cccc(Br)c1)c1ccc(OC)cc1. The van der Waals surface area contributed by atoms with Gasteiger partial charge in [0.15, 0.2) is 6.04 Å². The summed E-state index contributed by atoms with van der Waals surface area (Å²) in [5.41, 5.74) is 1.64. The second-order valence-electron chi connectivity index (χ2n) is 4.38. The Morgan fingerprint density at radius 1 is 1.14 bits per heavy atom. The molecule has 0 fully saturated rings. The molecule has 2 aromatic carbocycles. The number of carbonyl (C=O) groups excluding carboxylic acids is 1. The number of carbonyl (C=O) groups is 1. The maximum absolute atomic E-state index is 12.0. The first-order chi connectivity index (χ1) is 10.1. The first-order valence-electron chi connectivity index (χ1n) is 6.38. The number of hydrogen-bond donors (Lipinski definition) is 1. The maximum atomic E-state index is 12.0. The third kappa shape index (κ3) is 3.98. The van der Waals surface area contributed by atoms with Crippen LogP contribution in [0.2, 0.25) is 0 Å². The first-order valence-corrected chi connectivity index (χ1v) is 7.17. The van der Waals surface area contributed by atoms with Gasteiger partial charge in [0, 0.05) is 10.2 Å². The molecule has 2 rings (SSSR count). The minimum atomic E-state index is -0.574. The van der Waals surface area contributed by atoms with Gasteiger partial charge in [0.05, 0.1) is 14.2 Å². The fraction of sp³-hybridized carbons (Fsp3) is 0.188. The van der Waals surface area contributed by atoms with E-state index in [2.05, 4.69) is 21.2 Å². The Bertz CT molecular complexity index is 613. The van der Waals surface area contributed by atoms with Gasteiger partial charge in [-0.1, -0.05) is 34.1 Å². The van der Waals surface area contributed by atoms with Crippen LogP contribution in [-0.2, 0) is 9.53 Å². The van der Waals surface area contributed by atoms with Gasteiger partial charge < -0.3 is 14.8 Å². The van der Waals surface area contributed by atoms with Crippen molar-refractivity contribution in [3.63, 3.8) is 0 Å². The van der Waals surface area contributed by atoms with Crippen LogP contribution in [0.25, 0.3) is 0 Å². The Kier molecular flexibility index (Phi) is 5.22. The second-order valence-corrected chi connectivity index (χ2v) is 5.30. The molecule has 0 saturated carbocycles. The Hall–Kier alpha value is -2.01. The number of ether oxygens (including phenoxy) is 2. The average molecular weight is 350 g/mol. The van der Waals surface area contributed by atoms with E-state index in [-0.39, 0.29) is 5.97 Å². The molecule has 4 nitrogen and oxygen atoms in total. The van der Waals surface area contributed by atoms with E-state index in [0.717, 1.165) is 21.5 Å². The molecule has 1 N–H and O–H groups in total. The fourth-order valence-electron chi connectivity index (χ4n) is 1.94. The lowest BCUT2D eigenvalue weighted by molar-refractivity contribution is -0.141. The Labute approximate surface area is 132 Å². The minimum absolute atomic E-state index is 0.347. The van der Waals surface area contributed by atoms with Gasteiger partial charge in [-0.05, 0) is 35.9 Å². The van der Waals surface area contributed by atoms with E-state index in [1.54, 1.807) is 7.11 Å². The molecule has 0 aliphatic carbocycles. The van der Waals surface area contributed by atoms with Crippen LogP contribution in [0.5, 0.6) is 5.75 Å². The lowest BCUT2D eigenvalue weighted by atomic mass is 10.1. The van der Waals surface area contributed by atoms with Crippen molar-refractivity contribution in [2.45, 2.75) is 6.04 Å². The summed E-state index contributed by atoms with van der Waals surface area (Å²) in [7, 11) is 2.98. The summed E-state index contributed by atoms with van der Waals surface area (Å²) in [5.74, 6) is 0.393. The number of esters is 1. The summed E-state index contributed by atoms with van der Waals surface area (Å²) in [6.45, 7) is 0.